The van der Waals surface area contributed by atoms with E-state index in [-0.39, 0.29) is 5.25 Å². The number of hydrogen-bond donors (Lipinski definition) is 1. The molecule has 122 valence electrons. The summed E-state index contributed by atoms with van der Waals surface area (Å²) in [6.45, 7) is 13.4. The largest absolute Gasteiger partial charge is 0.492 e. The average Bonchev–Trinajstić information content (AvgIpc) is 2.55. The Morgan fingerprint density at radius 3 is 2.59 bits per heavy atom. The molecule has 1 aliphatic heterocycles. The number of likely N-dealkylation sites (N-methyl/N-ethyl adjacent to an activating group) is 1. The lowest BCUT2D eigenvalue weighted by Crippen LogP contribution is -2.48. The summed E-state index contributed by atoms with van der Waals surface area (Å²) in [5.41, 5.74) is 1.19. The second-order valence-corrected chi connectivity index (χ2v) is 6.53. The molecule has 3 nitrogen and oxygen atoms in total. The Bertz CT molecular complexity index is 458. The molecule has 0 bridgehead atoms. The maximum atomic E-state index is 5.97. The number of para-hydroxylation sites is 1. The molecule has 1 aliphatic rings. The van der Waals surface area contributed by atoms with Crippen LogP contribution in [0.4, 0.5) is 0 Å². The van der Waals surface area contributed by atoms with Gasteiger partial charge in [0.05, 0.1) is 0 Å². The standard InChI is InChI=1S/C18H28N2OS/c1-3-7-16-8-5-6-9-18(16)21-15-17(22)14-20-12-10-19(4-2)11-13-20/h3,5-6,8-9,17,22H,1,4,7,10-15H2,2H3/t17-/m0/s1. The molecule has 0 amide bonds. The molecule has 0 saturated carbocycles. The summed E-state index contributed by atoms with van der Waals surface area (Å²) in [7, 11) is 0. The van der Waals surface area contributed by atoms with E-state index in [9.17, 15) is 0 Å². The minimum atomic E-state index is 0.241. The van der Waals surface area contributed by atoms with Crippen molar-refractivity contribution in [1.82, 2.24) is 9.80 Å². The van der Waals surface area contributed by atoms with Gasteiger partial charge in [0, 0.05) is 38.0 Å². The maximum absolute atomic E-state index is 5.97. The van der Waals surface area contributed by atoms with Crippen LogP contribution in [0.15, 0.2) is 36.9 Å². The summed E-state index contributed by atoms with van der Waals surface area (Å²) >= 11 is 4.70. The van der Waals surface area contributed by atoms with Gasteiger partial charge < -0.3 is 9.64 Å². The van der Waals surface area contributed by atoms with Crippen molar-refractivity contribution in [1.29, 1.82) is 0 Å². The lowest BCUT2D eigenvalue weighted by molar-refractivity contribution is 0.132. The van der Waals surface area contributed by atoms with Gasteiger partial charge >= 0.3 is 0 Å². The van der Waals surface area contributed by atoms with Crippen LogP contribution in [0.1, 0.15) is 12.5 Å². The fraction of sp³-hybridized carbons (Fsp3) is 0.556. The van der Waals surface area contributed by atoms with Crippen molar-refractivity contribution in [3.05, 3.63) is 42.5 Å². The lowest BCUT2D eigenvalue weighted by atomic mass is 10.1. The predicted octanol–water partition coefficient (Wildman–Crippen LogP) is 2.73. The van der Waals surface area contributed by atoms with Crippen molar-refractivity contribution in [2.75, 3.05) is 45.9 Å². The molecule has 1 fully saturated rings. The van der Waals surface area contributed by atoms with Crippen molar-refractivity contribution in [3.8, 4) is 5.75 Å². The Hall–Kier alpha value is -0.970. The Kier molecular flexibility index (Phi) is 7.30. The van der Waals surface area contributed by atoms with Crippen LogP contribution >= 0.6 is 12.6 Å². The third-order valence-corrected chi connectivity index (χ3v) is 4.46. The zero-order valence-electron chi connectivity index (χ0n) is 13.6. The third-order valence-electron chi connectivity index (χ3n) is 4.15. The van der Waals surface area contributed by atoms with E-state index < -0.39 is 0 Å². The SMILES string of the molecule is C=CCc1ccccc1OC[C@@H](S)CN1CCN(CC)CC1. The minimum Gasteiger partial charge on any atom is -0.492 e. The molecule has 0 radical (unpaired) electrons. The van der Waals surface area contributed by atoms with Gasteiger partial charge in [0.15, 0.2) is 0 Å². The molecule has 0 unspecified atom stereocenters. The smallest absolute Gasteiger partial charge is 0.122 e. The first-order valence-corrected chi connectivity index (χ1v) is 8.69. The van der Waals surface area contributed by atoms with E-state index in [1.807, 2.05) is 24.3 Å². The molecule has 1 saturated heterocycles. The Balaban J connectivity index is 1.76. The fourth-order valence-electron chi connectivity index (χ4n) is 2.79. The number of hydrogen-bond acceptors (Lipinski definition) is 4. The van der Waals surface area contributed by atoms with Gasteiger partial charge in [-0.3, -0.25) is 4.90 Å². The van der Waals surface area contributed by atoms with Crippen molar-refractivity contribution in [3.63, 3.8) is 0 Å². The van der Waals surface area contributed by atoms with E-state index in [1.54, 1.807) is 0 Å². The zero-order valence-corrected chi connectivity index (χ0v) is 14.5. The Morgan fingerprint density at radius 1 is 1.23 bits per heavy atom. The normalized spacial score (nSPS) is 18.1. The van der Waals surface area contributed by atoms with Crippen LogP contribution in [0, 0.1) is 0 Å². The Labute approximate surface area is 140 Å². The maximum Gasteiger partial charge on any atom is 0.122 e. The topological polar surface area (TPSA) is 15.7 Å². The molecule has 22 heavy (non-hydrogen) atoms. The molecule has 1 aromatic rings. The number of ether oxygens (including phenoxy) is 1. The van der Waals surface area contributed by atoms with E-state index in [1.165, 1.54) is 18.7 Å². The molecule has 0 spiro atoms. The highest BCUT2D eigenvalue weighted by molar-refractivity contribution is 7.81. The quantitative estimate of drug-likeness (QED) is 0.586. The van der Waals surface area contributed by atoms with Crippen LogP contribution in [-0.2, 0) is 6.42 Å². The fourth-order valence-corrected chi connectivity index (χ4v) is 3.10. The van der Waals surface area contributed by atoms with Gasteiger partial charge in [-0.1, -0.05) is 31.2 Å². The number of benzene rings is 1. The molecule has 1 atom stereocenters. The first kappa shape index (κ1) is 17.4. The molecule has 0 aliphatic carbocycles. The molecule has 4 heteroatoms. The summed E-state index contributed by atoms with van der Waals surface area (Å²) in [6, 6.07) is 8.17. The van der Waals surface area contributed by atoms with Crippen LogP contribution in [-0.4, -0.2) is 60.9 Å². The summed E-state index contributed by atoms with van der Waals surface area (Å²) in [4.78, 5) is 4.98. The van der Waals surface area contributed by atoms with Crippen LogP contribution in [0.2, 0.25) is 0 Å². The van der Waals surface area contributed by atoms with Gasteiger partial charge in [-0.25, -0.2) is 0 Å². The highest BCUT2D eigenvalue weighted by Crippen LogP contribution is 2.19. The molecule has 0 N–H and O–H groups in total. The summed E-state index contributed by atoms with van der Waals surface area (Å²) in [5, 5.41) is 0.241. The average molecular weight is 321 g/mol. The van der Waals surface area contributed by atoms with Gasteiger partial charge in [0.25, 0.3) is 0 Å². The van der Waals surface area contributed by atoms with Gasteiger partial charge in [-0.05, 0) is 24.6 Å². The molecule has 1 heterocycles. The van der Waals surface area contributed by atoms with Crippen molar-refractivity contribution in [2.45, 2.75) is 18.6 Å². The second-order valence-electron chi connectivity index (χ2n) is 5.80. The van der Waals surface area contributed by atoms with E-state index in [0.717, 1.165) is 38.3 Å². The number of piperazine rings is 1. The zero-order chi connectivity index (χ0) is 15.8. The first-order chi connectivity index (χ1) is 10.7. The van der Waals surface area contributed by atoms with Crippen LogP contribution < -0.4 is 4.74 Å². The van der Waals surface area contributed by atoms with Gasteiger partial charge in [-0.15, -0.1) is 6.58 Å². The highest BCUT2D eigenvalue weighted by atomic mass is 32.1. The van der Waals surface area contributed by atoms with Gasteiger partial charge in [0.1, 0.15) is 12.4 Å². The molecular formula is C18H28N2OS. The molecule has 1 aromatic carbocycles. The van der Waals surface area contributed by atoms with Crippen molar-refractivity contribution < 1.29 is 4.74 Å². The molecule has 0 aromatic heterocycles. The number of allylic oxidation sites excluding steroid dienone is 1. The minimum absolute atomic E-state index is 0.241. The van der Waals surface area contributed by atoms with E-state index in [4.69, 9.17) is 17.4 Å². The van der Waals surface area contributed by atoms with Crippen LogP contribution in [0.3, 0.4) is 0 Å². The van der Waals surface area contributed by atoms with E-state index in [2.05, 4.69) is 29.4 Å². The summed E-state index contributed by atoms with van der Waals surface area (Å²) in [5.74, 6) is 0.956. The number of thiol groups is 1. The molecule has 2 rings (SSSR count). The summed E-state index contributed by atoms with van der Waals surface area (Å²) < 4.78 is 5.97. The lowest BCUT2D eigenvalue weighted by Gasteiger charge is -2.35. The van der Waals surface area contributed by atoms with Crippen LogP contribution in [0.5, 0.6) is 5.75 Å². The summed E-state index contributed by atoms with van der Waals surface area (Å²) in [6.07, 6.45) is 2.75. The van der Waals surface area contributed by atoms with Crippen molar-refractivity contribution in [2.24, 2.45) is 0 Å². The van der Waals surface area contributed by atoms with Gasteiger partial charge in [-0.2, -0.15) is 12.6 Å². The predicted molar refractivity (Wildman–Crippen MR) is 97.2 cm³/mol. The highest BCUT2D eigenvalue weighted by Gasteiger charge is 2.18. The molecular weight excluding hydrogens is 292 g/mol. The van der Waals surface area contributed by atoms with E-state index in [0.29, 0.717) is 6.61 Å². The second kappa shape index (κ2) is 9.23. The number of rotatable bonds is 8. The monoisotopic (exact) mass is 320 g/mol. The van der Waals surface area contributed by atoms with Crippen molar-refractivity contribution >= 4 is 12.6 Å². The number of nitrogens with zero attached hydrogens (tertiary/aromatic N) is 2. The van der Waals surface area contributed by atoms with Gasteiger partial charge in [0.2, 0.25) is 0 Å². The van der Waals surface area contributed by atoms with E-state index >= 15 is 0 Å². The first-order valence-electron chi connectivity index (χ1n) is 8.17. The Morgan fingerprint density at radius 2 is 1.91 bits per heavy atom. The van der Waals surface area contributed by atoms with Crippen LogP contribution in [0.25, 0.3) is 0 Å². The third kappa shape index (κ3) is 5.34.